The van der Waals surface area contributed by atoms with Gasteiger partial charge in [0.2, 0.25) is 0 Å². The summed E-state index contributed by atoms with van der Waals surface area (Å²) < 4.78 is 11.2. The molecule has 1 fully saturated rings. The van der Waals surface area contributed by atoms with Crippen molar-refractivity contribution in [3.63, 3.8) is 0 Å². The van der Waals surface area contributed by atoms with Crippen molar-refractivity contribution in [2.45, 2.75) is 78.9 Å². The van der Waals surface area contributed by atoms with E-state index in [4.69, 9.17) is 9.47 Å². The molecular formula is C17H31NO4. The molecule has 0 saturated carbocycles. The Balaban J connectivity index is 2.64. The monoisotopic (exact) mass is 313 g/mol. The van der Waals surface area contributed by atoms with Crippen LogP contribution >= 0.6 is 0 Å². The van der Waals surface area contributed by atoms with Crippen molar-refractivity contribution in [2.24, 2.45) is 5.41 Å². The smallest absolute Gasteiger partial charge is 0.410 e. The fraction of sp³-hybridized carbons (Fsp3) is 0.882. The molecule has 0 aromatic heterocycles. The molecular weight excluding hydrogens is 282 g/mol. The molecule has 1 unspecified atom stereocenters. The minimum absolute atomic E-state index is 0.207. The Kier molecular flexibility index (Phi) is 5.52. The van der Waals surface area contributed by atoms with E-state index in [0.717, 1.165) is 12.8 Å². The highest BCUT2D eigenvalue weighted by molar-refractivity contribution is 5.76. The lowest BCUT2D eigenvalue weighted by Gasteiger charge is -2.31. The molecule has 0 aromatic carbocycles. The summed E-state index contributed by atoms with van der Waals surface area (Å²) in [4.78, 5) is 26.1. The van der Waals surface area contributed by atoms with Crippen molar-refractivity contribution in [3.05, 3.63) is 0 Å². The summed E-state index contributed by atoms with van der Waals surface area (Å²) in [5.41, 5.74) is -1.60. The van der Waals surface area contributed by atoms with Gasteiger partial charge in [-0.25, -0.2) is 4.79 Å². The van der Waals surface area contributed by atoms with E-state index in [9.17, 15) is 9.59 Å². The quantitative estimate of drug-likeness (QED) is 0.725. The van der Waals surface area contributed by atoms with Gasteiger partial charge >= 0.3 is 12.1 Å². The Morgan fingerprint density at radius 3 is 2.23 bits per heavy atom. The van der Waals surface area contributed by atoms with Crippen LogP contribution in [0.25, 0.3) is 0 Å². The Bertz CT molecular complexity index is 430. The molecule has 0 aromatic rings. The van der Waals surface area contributed by atoms with Gasteiger partial charge in [-0.3, -0.25) is 4.79 Å². The molecule has 0 spiro atoms. The molecule has 1 saturated heterocycles. The molecule has 0 aliphatic carbocycles. The van der Waals surface area contributed by atoms with Gasteiger partial charge in [0.1, 0.15) is 11.2 Å². The Morgan fingerprint density at radius 2 is 1.73 bits per heavy atom. The number of ether oxygens (including phenoxy) is 2. The predicted molar refractivity (Wildman–Crippen MR) is 85.6 cm³/mol. The first-order valence-electron chi connectivity index (χ1n) is 8.16. The fourth-order valence-corrected chi connectivity index (χ4v) is 2.05. The highest BCUT2D eigenvalue weighted by Gasteiger charge is 2.43. The van der Waals surface area contributed by atoms with Crippen LogP contribution in [-0.4, -0.2) is 41.3 Å². The van der Waals surface area contributed by atoms with Gasteiger partial charge in [0, 0.05) is 13.0 Å². The summed E-state index contributed by atoms with van der Waals surface area (Å²) >= 11 is 0. The lowest BCUT2D eigenvalue weighted by molar-refractivity contribution is -0.167. The summed E-state index contributed by atoms with van der Waals surface area (Å²) in [7, 11) is 0. The number of amides is 1. The molecule has 1 heterocycles. The third kappa shape index (κ3) is 4.62. The van der Waals surface area contributed by atoms with E-state index in [-0.39, 0.29) is 12.1 Å². The molecule has 1 atom stereocenters. The topological polar surface area (TPSA) is 55.8 Å². The zero-order chi connectivity index (χ0) is 17.2. The van der Waals surface area contributed by atoms with Crippen LogP contribution < -0.4 is 0 Å². The summed E-state index contributed by atoms with van der Waals surface area (Å²) in [5.74, 6) is -0.207. The largest absolute Gasteiger partial charge is 0.457 e. The molecule has 1 aliphatic heterocycles. The Morgan fingerprint density at radius 1 is 1.14 bits per heavy atom. The van der Waals surface area contributed by atoms with Crippen molar-refractivity contribution >= 4 is 12.1 Å². The van der Waals surface area contributed by atoms with E-state index < -0.39 is 16.6 Å². The second-order valence-corrected chi connectivity index (χ2v) is 7.73. The van der Waals surface area contributed by atoms with Crippen molar-refractivity contribution < 1.29 is 19.1 Å². The maximum absolute atomic E-state index is 12.3. The van der Waals surface area contributed by atoms with Gasteiger partial charge in [-0.05, 0) is 47.5 Å². The van der Waals surface area contributed by atoms with Crippen molar-refractivity contribution in [2.75, 3.05) is 13.1 Å². The molecule has 128 valence electrons. The summed E-state index contributed by atoms with van der Waals surface area (Å²) in [6.45, 7) is 14.3. The molecule has 5 heteroatoms. The molecule has 0 bridgehead atoms. The molecule has 1 aliphatic rings. The van der Waals surface area contributed by atoms with Crippen molar-refractivity contribution in [1.29, 1.82) is 0 Å². The van der Waals surface area contributed by atoms with Crippen LogP contribution in [0.5, 0.6) is 0 Å². The number of likely N-dealkylation sites (tertiary alicyclic amines) is 1. The molecule has 1 rings (SSSR count). The van der Waals surface area contributed by atoms with Crippen LogP contribution in [0.4, 0.5) is 4.79 Å². The van der Waals surface area contributed by atoms with E-state index in [1.54, 1.807) is 4.90 Å². The van der Waals surface area contributed by atoms with Crippen LogP contribution in [0.15, 0.2) is 0 Å². The van der Waals surface area contributed by atoms with Gasteiger partial charge < -0.3 is 14.4 Å². The van der Waals surface area contributed by atoms with Crippen molar-refractivity contribution in [3.8, 4) is 0 Å². The predicted octanol–water partition coefficient (Wildman–Crippen LogP) is 3.76. The van der Waals surface area contributed by atoms with Gasteiger partial charge in [0.15, 0.2) is 0 Å². The zero-order valence-electron chi connectivity index (χ0n) is 15.1. The minimum Gasteiger partial charge on any atom is -0.457 e. The Labute approximate surface area is 134 Å². The summed E-state index contributed by atoms with van der Waals surface area (Å²) in [6.07, 6.45) is 1.78. The van der Waals surface area contributed by atoms with Crippen LogP contribution in [0.2, 0.25) is 0 Å². The van der Waals surface area contributed by atoms with Gasteiger partial charge in [-0.15, -0.1) is 0 Å². The standard InChI is InChI=1S/C17H31NO4/c1-8-15(3,4)13(19)21-17(7)10-11-18(12-17)14(20)22-16(5,6)9-2/h8-12H2,1-7H3. The number of hydrogen-bond acceptors (Lipinski definition) is 4. The number of nitrogens with zero attached hydrogens (tertiary/aromatic N) is 1. The SMILES string of the molecule is CCC(C)(C)OC(=O)N1CCC(C)(OC(=O)C(C)(C)CC)C1. The van der Waals surface area contributed by atoms with E-state index in [1.165, 1.54) is 0 Å². The fourth-order valence-electron chi connectivity index (χ4n) is 2.05. The number of hydrogen-bond donors (Lipinski definition) is 0. The summed E-state index contributed by atoms with van der Waals surface area (Å²) in [6, 6.07) is 0. The molecule has 22 heavy (non-hydrogen) atoms. The normalized spacial score (nSPS) is 22.6. The Hall–Kier alpha value is -1.26. The van der Waals surface area contributed by atoms with Gasteiger partial charge in [-0.2, -0.15) is 0 Å². The zero-order valence-corrected chi connectivity index (χ0v) is 15.1. The molecule has 1 amide bonds. The third-order valence-electron chi connectivity index (χ3n) is 4.68. The first-order valence-corrected chi connectivity index (χ1v) is 8.16. The molecule has 0 radical (unpaired) electrons. The van der Waals surface area contributed by atoms with Crippen LogP contribution in [0.3, 0.4) is 0 Å². The van der Waals surface area contributed by atoms with E-state index in [1.807, 2.05) is 48.5 Å². The first-order chi connectivity index (χ1) is 9.95. The van der Waals surface area contributed by atoms with Crippen LogP contribution in [-0.2, 0) is 14.3 Å². The van der Waals surface area contributed by atoms with Gasteiger partial charge in [0.05, 0.1) is 12.0 Å². The molecule has 0 N–H and O–H groups in total. The van der Waals surface area contributed by atoms with Gasteiger partial charge in [-0.1, -0.05) is 13.8 Å². The van der Waals surface area contributed by atoms with Crippen LogP contribution in [0, 0.1) is 5.41 Å². The lowest BCUT2D eigenvalue weighted by atomic mass is 9.90. The second kappa shape index (κ2) is 6.47. The highest BCUT2D eigenvalue weighted by Crippen LogP contribution is 2.31. The minimum atomic E-state index is -0.626. The first kappa shape index (κ1) is 18.8. The number of esters is 1. The van der Waals surface area contributed by atoms with Crippen molar-refractivity contribution in [1.82, 2.24) is 4.90 Å². The third-order valence-corrected chi connectivity index (χ3v) is 4.68. The van der Waals surface area contributed by atoms with E-state index >= 15 is 0 Å². The maximum atomic E-state index is 12.3. The average Bonchev–Trinajstić information content (AvgIpc) is 2.80. The number of rotatable bonds is 5. The maximum Gasteiger partial charge on any atom is 0.410 e. The highest BCUT2D eigenvalue weighted by atomic mass is 16.6. The molecule has 5 nitrogen and oxygen atoms in total. The lowest BCUT2D eigenvalue weighted by Crippen LogP contribution is -2.42. The van der Waals surface area contributed by atoms with Gasteiger partial charge in [0.25, 0.3) is 0 Å². The van der Waals surface area contributed by atoms with E-state index in [2.05, 4.69) is 0 Å². The second-order valence-electron chi connectivity index (χ2n) is 7.73. The average molecular weight is 313 g/mol. The van der Waals surface area contributed by atoms with Crippen LogP contribution in [0.1, 0.15) is 67.7 Å². The van der Waals surface area contributed by atoms with E-state index in [0.29, 0.717) is 19.5 Å². The number of carbonyl (C=O) groups is 2. The summed E-state index contributed by atoms with van der Waals surface area (Å²) in [5, 5.41) is 0. The number of carbonyl (C=O) groups excluding carboxylic acids is 2.